The number of hydrogen-bond acceptors (Lipinski definition) is 3. The van der Waals surface area contributed by atoms with Crippen LogP contribution in [0.2, 0.25) is 0 Å². The fraction of sp³-hybridized carbons (Fsp3) is 0.929. The van der Waals surface area contributed by atoms with Gasteiger partial charge in [-0.05, 0) is 51.7 Å². The van der Waals surface area contributed by atoms with Crippen molar-refractivity contribution in [2.24, 2.45) is 11.8 Å². The van der Waals surface area contributed by atoms with Crippen LogP contribution in [0.15, 0.2) is 0 Å². The van der Waals surface area contributed by atoms with Crippen LogP contribution in [0.4, 0.5) is 0 Å². The molecule has 1 saturated heterocycles. The summed E-state index contributed by atoms with van der Waals surface area (Å²) in [5, 5.41) is 6.33. The molecule has 18 heavy (non-hydrogen) atoms. The Hall–Kier alpha value is -0.610. The lowest BCUT2D eigenvalue weighted by Crippen LogP contribution is -2.44. The molecular weight excluding hydrogens is 226 g/mol. The van der Waals surface area contributed by atoms with Gasteiger partial charge >= 0.3 is 0 Å². The lowest BCUT2D eigenvalue weighted by Gasteiger charge is -2.17. The zero-order valence-electron chi connectivity index (χ0n) is 12.3. The lowest BCUT2D eigenvalue weighted by atomic mass is 10.1. The molecule has 1 aliphatic heterocycles. The zero-order chi connectivity index (χ0) is 13.5. The Kier molecular flexibility index (Phi) is 6.65. The van der Waals surface area contributed by atoms with Crippen molar-refractivity contribution in [2.45, 2.75) is 39.7 Å². The SMILES string of the molecule is CC(C)CCNC(=O)C(C)NCC1CCN(C)C1. The summed E-state index contributed by atoms with van der Waals surface area (Å²) in [7, 11) is 2.15. The van der Waals surface area contributed by atoms with Gasteiger partial charge in [-0.3, -0.25) is 4.79 Å². The molecule has 1 aliphatic rings. The van der Waals surface area contributed by atoms with Gasteiger partial charge in [-0.2, -0.15) is 0 Å². The fourth-order valence-corrected chi connectivity index (χ4v) is 2.27. The first-order chi connectivity index (χ1) is 8.49. The van der Waals surface area contributed by atoms with Gasteiger partial charge < -0.3 is 15.5 Å². The third-order valence-electron chi connectivity index (χ3n) is 3.62. The van der Waals surface area contributed by atoms with E-state index in [-0.39, 0.29) is 11.9 Å². The van der Waals surface area contributed by atoms with Crippen molar-refractivity contribution in [3.8, 4) is 0 Å². The Labute approximate surface area is 111 Å². The molecule has 4 heteroatoms. The molecule has 4 nitrogen and oxygen atoms in total. The Morgan fingerprint density at radius 3 is 2.67 bits per heavy atom. The van der Waals surface area contributed by atoms with Crippen LogP contribution in [0.25, 0.3) is 0 Å². The standard InChI is InChI=1S/C14H29N3O/c1-11(2)5-7-15-14(18)12(3)16-9-13-6-8-17(4)10-13/h11-13,16H,5-10H2,1-4H3,(H,15,18). The predicted molar refractivity (Wildman–Crippen MR) is 75.5 cm³/mol. The molecule has 2 unspecified atom stereocenters. The summed E-state index contributed by atoms with van der Waals surface area (Å²) in [6.45, 7) is 10.4. The number of rotatable bonds is 7. The molecule has 1 rings (SSSR count). The van der Waals surface area contributed by atoms with E-state index in [1.807, 2.05) is 6.92 Å². The lowest BCUT2D eigenvalue weighted by molar-refractivity contribution is -0.122. The van der Waals surface area contributed by atoms with E-state index < -0.39 is 0 Å². The fourth-order valence-electron chi connectivity index (χ4n) is 2.27. The van der Waals surface area contributed by atoms with E-state index in [1.165, 1.54) is 13.0 Å². The maximum atomic E-state index is 11.8. The summed E-state index contributed by atoms with van der Waals surface area (Å²) in [5.74, 6) is 1.46. The third kappa shape index (κ3) is 5.83. The average Bonchev–Trinajstić information content (AvgIpc) is 2.71. The van der Waals surface area contributed by atoms with Gasteiger partial charge in [0.2, 0.25) is 5.91 Å². The first kappa shape index (κ1) is 15.4. The van der Waals surface area contributed by atoms with Crippen LogP contribution < -0.4 is 10.6 Å². The van der Waals surface area contributed by atoms with Gasteiger partial charge in [0.05, 0.1) is 6.04 Å². The van der Waals surface area contributed by atoms with Crippen molar-refractivity contribution in [1.29, 1.82) is 0 Å². The van der Waals surface area contributed by atoms with Crippen molar-refractivity contribution in [1.82, 2.24) is 15.5 Å². The predicted octanol–water partition coefficient (Wildman–Crippen LogP) is 1.08. The monoisotopic (exact) mass is 255 g/mol. The maximum Gasteiger partial charge on any atom is 0.236 e. The van der Waals surface area contributed by atoms with Crippen LogP contribution >= 0.6 is 0 Å². The molecule has 0 aromatic heterocycles. The van der Waals surface area contributed by atoms with Crippen molar-refractivity contribution >= 4 is 5.91 Å². The number of likely N-dealkylation sites (tertiary alicyclic amines) is 1. The molecule has 0 aromatic rings. The van der Waals surface area contributed by atoms with Gasteiger partial charge in [-0.15, -0.1) is 0 Å². The molecule has 1 fully saturated rings. The maximum absolute atomic E-state index is 11.8. The third-order valence-corrected chi connectivity index (χ3v) is 3.62. The van der Waals surface area contributed by atoms with E-state index in [9.17, 15) is 4.79 Å². The molecule has 1 amide bonds. The normalized spacial score (nSPS) is 22.4. The highest BCUT2D eigenvalue weighted by atomic mass is 16.2. The van der Waals surface area contributed by atoms with Gasteiger partial charge in [0.25, 0.3) is 0 Å². The first-order valence-corrected chi connectivity index (χ1v) is 7.18. The molecule has 2 atom stereocenters. The summed E-state index contributed by atoms with van der Waals surface area (Å²) in [6, 6.07) is -0.0805. The van der Waals surface area contributed by atoms with Gasteiger partial charge in [0.15, 0.2) is 0 Å². The van der Waals surface area contributed by atoms with Crippen molar-refractivity contribution in [3.63, 3.8) is 0 Å². The summed E-state index contributed by atoms with van der Waals surface area (Å²) in [6.07, 6.45) is 2.29. The molecule has 0 saturated carbocycles. The number of nitrogens with zero attached hydrogens (tertiary/aromatic N) is 1. The average molecular weight is 255 g/mol. The van der Waals surface area contributed by atoms with Crippen molar-refractivity contribution < 1.29 is 4.79 Å². The Balaban J connectivity index is 2.11. The second-order valence-corrected chi connectivity index (χ2v) is 6.02. The van der Waals surface area contributed by atoms with Crippen LogP contribution in [0.5, 0.6) is 0 Å². The van der Waals surface area contributed by atoms with Crippen LogP contribution in [-0.4, -0.2) is 50.1 Å². The van der Waals surface area contributed by atoms with E-state index >= 15 is 0 Å². The number of carbonyl (C=O) groups is 1. The minimum atomic E-state index is -0.0805. The van der Waals surface area contributed by atoms with E-state index in [2.05, 4.69) is 36.4 Å². The highest BCUT2D eigenvalue weighted by Crippen LogP contribution is 2.12. The molecule has 0 bridgehead atoms. The van der Waals surface area contributed by atoms with Crippen LogP contribution in [0.3, 0.4) is 0 Å². The topological polar surface area (TPSA) is 44.4 Å². The molecule has 0 spiro atoms. The molecule has 1 heterocycles. The van der Waals surface area contributed by atoms with E-state index in [1.54, 1.807) is 0 Å². The van der Waals surface area contributed by atoms with Gasteiger partial charge in [0.1, 0.15) is 0 Å². The molecule has 0 radical (unpaired) electrons. The second-order valence-electron chi connectivity index (χ2n) is 6.02. The Bertz CT molecular complexity index is 255. The zero-order valence-corrected chi connectivity index (χ0v) is 12.3. The summed E-state index contributed by atoms with van der Waals surface area (Å²) in [4.78, 5) is 14.2. The van der Waals surface area contributed by atoms with Crippen molar-refractivity contribution in [3.05, 3.63) is 0 Å². The Morgan fingerprint density at radius 2 is 2.11 bits per heavy atom. The first-order valence-electron chi connectivity index (χ1n) is 7.18. The highest BCUT2D eigenvalue weighted by molar-refractivity contribution is 5.81. The van der Waals surface area contributed by atoms with Crippen LogP contribution in [-0.2, 0) is 4.79 Å². The summed E-state index contributed by atoms with van der Waals surface area (Å²) >= 11 is 0. The van der Waals surface area contributed by atoms with E-state index in [0.29, 0.717) is 11.8 Å². The summed E-state index contributed by atoms with van der Waals surface area (Å²) in [5.41, 5.74) is 0. The minimum Gasteiger partial charge on any atom is -0.355 e. The van der Waals surface area contributed by atoms with E-state index in [4.69, 9.17) is 0 Å². The van der Waals surface area contributed by atoms with E-state index in [0.717, 1.165) is 26.1 Å². The minimum absolute atomic E-state index is 0.0805. The quantitative estimate of drug-likeness (QED) is 0.715. The molecule has 2 N–H and O–H groups in total. The number of carbonyl (C=O) groups excluding carboxylic acids is 1. The van der Waals surface area contributed by atoms with Gasteiger partial charge in [-0.1, -0.05) is 13.8 Å². The largest absolute Gasteiger partial charge is 0.355 e. The number of nitrogens with one attached hydrogen (secondary N) is 2. The van der Waals surface area contributed by atoms with Crippen LogP contribution in [0, 0.1) is 11.8 Å². The van der Waals surface area contributed by atoms with Crippen LogP contribution in [0.1, 0.15) is 33.6 Å². The molecule has 0 aliphatic carbocycles. The second kappa shape index (κ2) is 7.74. The smallest absolute Gasteiger partial charge is 0.236 e. The highest BCUT2D eigenvalue weighted by Gasteiger charge is 2.20. The Morgan fingerprint density at radius 1 is 1.39 bits per heavy atom. The number of hydrogen-bond donors (Lipinski definition) is 2. The molecular formula is C14H29N3O. The number of amides is 1. The molecule has 0 aromatic carbocycles. The van der Waals surface area contributed by atoms with Crippen molar-refractivity contribution in [2.75, 3.05) is 33.2 Å². The molecule has 106 valence electrons. The summed E-state index contributed by atoms with van der Waals surface area (Å²) < 4.78 is 0. The van der Waals surface area contributed by atoms with Gasteiger partial charge in [0, 0.05) is 13.1 Å². The van der Waals surface area contributed by atoms with Gasteiger partial charge in [-0.25, -0.2) is 0 Å².